The summed E-state index contributed by atoms with van der Waals surface area (Å²) in [6.45, 7) is 3.65. The fraction of sp³-hybridized carbons (Fsp3) is 0.0909. The van der Waals surface area contributed by atoms with Gasteiger partial charge in [0.05, 0.1) is 18.0 Å². The number of carbonyl (C=O) groups is 1. The molecule has 0 saturated carbocycles. The number of aryl methyl sites for hydroxylation is 2. The molecule has 2 heterocycles. The highest BCUT2D eigenvalue weighted by molar-refractivity contribution is 6.03. The van der Waals surface area contributed by atoms with Crippen LogP contribution >= 0.6 is 0 Å². The van der Waals surface area contributed by atoms with Crippen LogP contribution in [0.15, 0.2) is 61.4 Å². The van der Waals surface area contributed by atoms with E-state index in [2.05, 4.69) is 15.0 Å². The third kappa shape index (κ3) is 3.27. The van der Waals surface area contributed by atoms with Crippen LogP contribution in [0.3, 0.4) is 0 Å². The summed E-state index contributed by atoms with van der Waals surface area (Å²) in [5, 5.41) is 11.9. The van der Waals surface area contributed by atoms with E-state index in [0.717, 1.165) is 27.5 Å². The zero-order valence-corrected chi connectivity index (χ0v) is 15.4. The lowest BCUT2D eigenvalue weighted by molar-refractivity contribution is 0.0734. The molecule has 0 spiro atoms. The lowest BCUT2D eigenvalue weighted by atomic mass is 9.93. The molecule has 0 fully saturated rings. The Balaban J connectivity index is 1.89. The van der Waals surface area contributed by atoms with Crippen molar-refractivity contribution in [1.82, 2.24) is 15.0 Å². The molecule has 2 aromatic carbocycles. The number of rotatable bonds is 3. The molecule has 4 rings (SSSR count). The molecule has 2 aromatic heterocycles. The Morgan fingerprint density at radius 3 is 2.36 bits per heavy atom. The van der Waals surface area contributed by atoms with Crippen LogP contribution < -0.4 is 4.74 Å². The third-order valence-electron chi connectivity index (χ3n) is 4.55. The first-order valence-corrected chi connectivity index (χ1v) is 8.68. The number of esters is 1. The van der Waals surface area contributed by atoms with E-state index < -0.39 is 5.97 Å². The summed E-state index contributed by atoms with van der Waals surface area (Å²) in [6, 6.07) is 9.24. The fourth-order valence-corrected chi connectivity index (χ4v) is 3.16. The molecule has 0 unspecified atom stereocenters. The summed E-state index contributed by atoms with van der Waals surface area (Å²) in [5.74, 6) is 0.00926. The van der Waals surface area contributed by atoms with Gasteiger partial charge in [0, 0.05) is 17.8 Å². The Labute approximate surface area is 161 Å². The topological polar surface area (TPSA) is 85.2 Å². The van der Waals surface area contributed by atoms with Crippen molar-refractivity contribution in [3.63, 3.8) is 0 Å². The molecule has 0 amide bonds. The predicted octanol–water partition coefficient (Wildman–Crippen LogP) is 4.23. The van der Waals surface area contributed by atoms with Crippen LogP contribution in [0, 0.1) is 13.8 Å². The van der Waals surface area contributed by atoms with Crippen molar-refractivity contribution in [2.75, 3.05) is 0 Å². The Hall–Kier alpha value is -3.80. The lowest BCUT2D eigenvalue weighted by Crippen LogP contribution is -2.10. The normalized spacial score (nSPS) is 10.8. The summed E-state index contributed by atoms with van der Waals surface area (Å²) in [7, 11) is 0. The van der Waals surface area contributed by atoms with Gasteiger partial charge >= 0.3 is 5.97 Å². The van der Waals surface area contributed by atoms with Crippen molar-refractivity contribution in [3.8, 4) is 22.6 Å². The first kappa shape index (κ1) is 17.6. The van der Waals surface area contributed by atoms with Gasteiger partial charge in [-0.25, -0.2) is 14.8 Å². The van der Waals surface area contributed by atoms with E-state index in [1.165, 1.54) is 18.7 Å². The number of fused-ring (bicyclic) bond motifs is 1. The van der Waals surface area contributed by atoms with Crippen LogP contribution in [0.5, 0.6) is 11.5 Å². The second kappa shape index (κ2) is 7.08. The highest BCUT2D eigenvalue weighted by Gasteiger charge is 2.18. The van der Waals surface area contributed by atoms with Crippen molar-refractivity contribution >= 4 is 16.7 Å². The summed E-state index contributed by atoms with van der Waals surface area (Å²) in [4.78, 5) is 24.9. The number of benzene rings is 2. The van der Waals surface area contributed by atoms with Crippen LogP contribution in [0.25, 0.3) is 21.9 Å². The van der Waals surface area contributed by atoms with E-state index in [-0.39, 0.29) is 11.5 Å². The minimum atomic E-state index is -0.508. The van der Waals surface area contributed by atoms with Crippen molar-refractivity contribution in [3.05, 3.63) is 78.1 Å². The molecular weight excluding hydrogens is 354 g/mol. The second-order valence-electron chi connectivity index (χ2n) is 6.54. The standard InChI is InChI=1S/C22H17N3O3/c1-13-5-16(6-14(2)21(13)26)19-8-17-9-23-4-3-15(17)7-20(19)22(27)28-18-10-24-12-25-11-18/h3-12,26H,1-2H3. The van der Waals surface area contributed by atoms with Gasteiger partial charge in [-0.2, -0.15) is 0 Å². The maximum absolute atomic E-state index is 12.9. The molecule has 0 bridgehead atoms. The summed E-state index contributed by atoms with van der Waals surface area (Å²) >= 11 is 0. The highest BCUT2D eigenvalue weighted by Crippen LogP contribution is 2.33. The molecule has 4 aromatic rings. The SMILES string of the molecule is Cc1cc(-c2cc3cnccc3cc2C(=O)Oc2cncnc2)cc(C)c1O. The van der Waals surface area contributed by atoms with Gasteiger partial charge in [0.2, 0.25) is 0 Å². The molecule has 0 atom stereocenters. The van der Waals surface area contributed by atoms with Crippen LogP contribution in [-0.2, 0) is 0 Å². The van der Waals surface area contributed by atoms with E-state index in [0.29, 0.717) is 11.1 Å². The number of carbonyl (C=O) groups excluding carboxylic acids is 1. The van der Waals surface area contributed by atoms with E-state index >= 15 is 0 Å². The maximum atomic E-state index is 12.9. The molecule has 0 saturated heterocycles. The van der Waals surface area contributed by atoms with Crippen molar-refractivity contribution in [2.45, 2.75) is 13.8 Å². The number of aromatic nitrogens is 3. The zero-order valence-electron chi connectivity index (χ0n) is 15.4. The average molecular weight is 371 g/mol. The number of nitrogens with zero attached hydrogens (tertiary/aromatic N) is 3. The maximum Gasteiger partial charge on any atom is 0.344 e. The van der Waals surface area contributed by atoms with E-state index in [9.17, 15) is 9.90 Å². The number of pyridine rings is 1. The second-order valence-corrected chi connectivity index (χ2v) is 6.54. The Morgan fingerprint density at radius 2 is 1.64 bits per heavy atom. The molecule has 0 aliphatic carbocycles. The summed E-state index contributed by atoms with van der Waals surface area (Å²) in [6.07, 6.45) is 7.67. The van der Waals surface area contributed by atoms with Crippen molar-refractivity contribution < 1.29 is 14.6 Å². The van der Waals surface area contributed by atoms with Gasteiger partial charge in [-0.3, -0.25) is 4.98 Å². The fourth-order valence-electron chi connectivity index (χ4n) is 3.16. The van der Waals surface area contributed by atoms with E-state index in [1.807, 2.05) is 38.1 Å². The minimum Gasteiger partial charge on any atom is -0.507 e. The molecule has 0 aliphatic heterocycles. The van der Waals surface area contributed by atoms with Crippen LogP contribution in [-0.4, -0.2) is 26.0 Å². The summed E-state index contributed by atoms with van der Waals surface area (Å²) < 4.78 is 5.47. The Bertz CT molecular complexity index is 1170. The van der Waals surface area contributed by atoms with Gasteiger partial charge in [0.15, 0.2) is 5.75 Å². The smallest absolute Gasteiger partial charge is 0.344 e. The molecule has 6 heteroatoms. The highest BCUT2D eigenvalue weighted by atomic mass is 16.5. The first-order valence-electron chi connectivity index (χ1n) is 8.68. The number of phenols is 1. The van der Waals surface area contributed by atoms with Gasteiger partial charge < -0.3 is 9.84 Å². The molecule has 6 nitrogen and oxygen atoms in total. The van der Waals surface area contributed by atoms with Gasteiger partial charge in [0.1, 0.15) is 12.1 Å². The number of hydrogen-bond donors (Lipinski definition) is 1. The van der Waals surface area contributed by atoms with Crippen molar-refractivity contribution in [2.24, 2.45) is 0 Å². The number of hydrogen-bond acceptors (Lipinski definition) is 6. The molecule has 0 radical (unpaired) electrons. The van der Waals surface area contributed by atoms with Gasteiger partial charge in [-0.15, -0.1) is 0 Å². The minimum absolute atomic E-state index is 0.247. The van der Waals surface area contributed by atoms with E-state index in [1.54, 1.807) is 18.5 Å². The third-order valence-corrected chi connectivity index (χ3v) is 4.55. The largest absolute Gasteiger partial charge is 0.507 e. The molecule has 1 N–H and O–H groups in total. The molecular formula is C22H17N3O3. The zero-order chi connectivity index (χ0) is 19.7. The Morgan fingerprint density at radius 1 is 0.929 bits per heavy atom. The molecule has 28 heavy (non-hydrogen) atoms. The quantitative estimate of drug-likeness (QED) is 0.542. The number of aromatic hydroxyl groups is 1. The Kier molecular flexibility index (Phi) is 4.45. The van der Waals surface area contributed by atoms with Gasteiger partial charge in [0.25, 0.3) is 0 Å². The molecule has 0 aliphatic rings. The van der Waals surface area contributed by atoms with Crippen LogP contribution in [0.1, 0.15) is 21.5 Å². The summed E-state index contributed by atoms with van der Waals surface area (Å²) in [5.41, 5.74) is 3.39. The number of phenolic OH excluding ortho intramolecular Hbond substituents is 1. The average Bonchev–Trinajstić information content (AvgIpc) is 2.71. The van der Waals surface area contributed by atoms with Gasteiger partial charge in [-0.05, 0) is 71.8 Å². The lowest BCUT2D eigenvalue weighted by Gasteiger charge is -2.14. The van der Waals surface area contributed by atoms with Crippen molar-refractivity contribution in [1.29, 1.82) is 0 Å². The predicted molar refractivity (Wildman–Crippen MR) is 105 cm³/mol. The first-order chi connectivity index (χ1) is 13.5. The van der Waals surface area contributed by atoms with Crippen LogP contribution in [0.4, 0.5) is 0 Å². The van der Waals surface area contributed by atoms with Crippen LogP contribution in [0.2, 0.25) is 0 Å². The monoisotopic (exact) mass is 371 g/mol. The molecule has 138 valence electrons. The van der Waals surface area contributed by atoms with E-state index in [4.69, 9.17) is 4.74 Å². The number of ether oxygens (including phenoxy) is 1. The van der Waals surface area contributed by atoms with Gasteiger partial charge in [-0.1, -0.05) is 0 Å².